The van der Waals surface area contributed by atoms with Crippen molar-refractivity contribution in [1.29, 1.82) is 0 Å². The van der Waals surface area contributed by atoms with E-state index < -0.39 is 0 Å². The zero-order valence-corrected chi connectivity index (χ0v) is 7.73. The van der Waals surface area contributed by atoms with E-state index in [2.05, 4.69) is 12.2 Å². The van der Waals surface area contributed by atoms with E-state index in [9.17, 15) is 0 Å². The Bertz CT molecular complexity index is 56.6. The zero-order valence-electron chi connectivity index (χ0n) is 7.73. The molecule has 2 nitrogen and oxygen atoms in total. The molecular weight excluding hydrogens is 136 g/mol. The highest BCUT2D eigenvalue weighted by Crippen LogP contribution is 2.03. The second-order valence-corrected chi connectivity index (χ2v) is 2.97. The number of hydrogen-bond donors (Lipinski definition) is 2. The van der Waals surface area contributed by atoms with Crippen LogP contribution in [0.25, 0.3) is 0 Å². The number of unbranched alkanes of at least 4 members (excludes halogenated alkanes) is 5. The minimum absolute atomic E-state index is 0.620. The largest absolute Gasteiger partial charge is 0.318 e. The van der Waals surface area contributed by atoms with Gasteiger partial charge in [0.05, 0.1) is 0 Å². The van der Waals surface area contributed by atoms with Crippen molar-refractivity contribution in [3.8, 4) is 0 Å². The van der Waals surface area contributed by atoms with Crippen LogP contribution < -0.4 is 11.1 Å². The summed E-state index contributed by atoms with van der Waals surface area (Å²) in [4.78, 5) is 0. The van der Waals surface area contributed by atoms with E-state index in [4.69, 9.17) is 5.73 Å². The molecular formula is C9H22N2. The fourth-order valence-corrected chi connectivity index (χ4v) is 1.13. The maximum atomic E-state index is 5.28. The van der Waals surface area contributed by atoms with Crippen molar-refractivity contribution in [2.75, 3.05) is 13.2 Å². The first-order chi connectivity index (χ1) is 5.41. The van der Waals surface area contributed by atoms with Crippen LogP contribution in [0.1, 0.15) is 45.4 Å². The Morgan fingerprint density at radius 3 is 2.27 bits per heavy atom. The van der Waals surface area contributed by atoms with Crippen molar-refractivity contribution in [1.82, 2.24) is 5.32 Å². The fourth-order valence-electron chi connectivity index (χ4n) is 1.13. The Morgan fingerprint density at radius 1 is 1.00 bits per heavy atom. The van der Waals surface area contributed by atoms with Crippen LogP contribution in [-0.2, 0) is 0 Å². The first kappa shape index (κ1) is 10.9. The van der Waals surface area contributed by atoms with E-state index in [0.29, 0.717) is 6.67 Å². The van der Waals surface area contributed by atoms with Gasteiger partial charge in [-0.3, -0.25) is 0 Å². The Morgan fingerprint density at radius 2 is 1.64 bits per heavy atom. The number of nitrogens with two attached hydrogens (primary N) is 1. The lowest BCUT2D eigenvalue weighted by molar-refractivity contribution is 0.576. The average molecular weight is 158 g/mol. The number of hydrogen-bond acceptors (Lipinski definition) is 2. The van der Waals surface area contributed by atoms with Crippen molar-refractivity contribution in [2.24, 2.45) is 5.73 Å². The minimum atomic E-state index is 0.620. The van der Waals surface area contributed by atoms with E-state index in [-0.39, 0.29) is 0 Å². The predicted molar refractivity (Wildman–Crippen MR) is 50.4 cm³/mol. The minimum Gasteiger partial charge on any atom is -0.318 e. The third kappa shape index (κ3) is 9.92. The molecule has 0 heterocycles. The molecule has 0 bridgehead atoms. The molecule has 2 heteroatoms. The Hall–Kier alpha value is -0.0800. The quantitative estimate of drug-likeness (QED) is 0.418. The topological polar surface area (TPSA) is 38.0 Å². The maximum absolute atomic E-state index is 5.28. The molecule has 0 atom stereocenters. The lowest BCUT2D eigenvalue weighted by atomic mass is 10.1. The Labute approximate surface area is 70.5 Å². The van der Waals surface area contributed by atoms with Gasteiger partial charge in [-0.05, 0) is 13.0 Å². The van der Waals surface area contributed by atoms with Crippen LogP contribution in [0, 0.1) is 0 Å². The molecule has 0 saturated heterocycles. The second kappa shape index (κ2) is 9.92. The smallest absolute Gasteiger partial charge is 0.0428 e. The van der Waals surface area contributed by atoms with Crippen LogP contribution in [0.4, 0.5) is 0 Å². The van der Waals surface area contributed by atoms with E-state index in [1.165, 1.54) is 38.5 Å². The number of rotatable bonds is 8. The normalized spacial score (nSPS) is 10.4. The number of nitrogens with one attached hydrogen (secondary N) is 1. The maximum Gasteiger partial charge on any atom is 0.0428 e. The van der Waals surface area contributed by atoms with Crippen LogP contribution in [0.15, 0.2) is 0 Å². The summed E-state index contributed by atoms with van der Waals surface area (Å²) in [6.45, 7) is 3.95. The summed E-state index contributed by atoms with van der Waals surface area (Å²) in [5.41, 5.74) is 5.28. The molecule has 0 amide bonds. The van der Waals surface area contributed by atoms with E-state index in [1.807, 2.05) is 0 Å². The molecule has 0 aliphatic heterocycles. The predicted octanol–water partition coefficient (Wildman–Crippen LogP) is 1.85. The third-order valence-corrected chi connectivity index (χ3v) is 1.85. The summed E-state index contributed by atoms with van der Waals surface area (Å²) >= 11 is 0. The highest BCUT2D eigenvalue weighted by atomic mass is 14.9. The summed E-state index contributed by atoms with van der Waals surface area (Å²) in [7, 11) is 0. The van der Waals surface area contributed by atoms with Crippen LogP contribution in [-0.4, -0.2) is 13.2 Å². The summed E-state index contributed by atoms with van der Waals surface area (Å²) in [5, 5.41) is 3.12. The molecule has 0 unspecified atom stereocenters. The first-order valence-electron chi connectivity index (χ1n) is 4.82. The van der Waals surface area contributed by atoms with Crippen LogP contribution in [0.2, 0.25) is 0 Å². The standard InChI is InChI=1S/C9H22N2/c1-2-3-4-5-6-7-8-11-9-10/h11H,2-10H2,1H3. The lowest BCUT2D eigenvalue weighted by Crippen LogP contribution is -2.23. The van der Waals surface area contributed by atoms with Crippen LogP contribution in [0.3, 0.4) is 0 Å². The van der Waals surface area contributed by atoms with Crippen molar-refractivity contribution in [3.63, 3.8) is 0 Å². The molecule has 11 heavy (non-hydrogen) atoms. The zero-order chi connectivity index (χ0) is 8.36. The molecule has 0 fully saturated rings. The molecule has 0 radical (unpaired) electrons. The Kier molecular flexibility index (Phi) is 9.85. The van der Waals surface area contributed by atoms with Gasteiger partial charge in [0.2, 0.25) is 0 Å². The molecule has 3 N–H and O–H groups in total. The molecule has 0 saturated carbocycles. The Balaban J connectivity index is 2.69. The van der Waals surface area contributed by atoms with Gasteiger partial charge in [-0.25, -0.2) is 0 Å². The molecule has 0 aromatic rings. The van der Waals surface area contributed by atoms with Gasteiger partial charge in [0.15, 0.2) is 0 Å². The first-order valence-corrected chi connectivity index (χ1v) is 4.82. The van der Waals surface area contributed by atoms with E-state index >= 15 is 0 Å². The molecule has 0 aromatic carbocycles. The summed E-state index contributed by atoms with van der Waals surface area (Å²) in [6.07, 6.45) is 8.15. The van der Waals surface area contributed by atoms with E-state index in [1.54, 1.807) is 0 Å². The van der Waals surface area contributed by atoms with Gasteiger partial charge in [-0.1, -0.05) is 39.0 Å². The van der Waals surface area contributed by atoms with E-state index in [0.717, 1.165) is 6.54 Å². The molecule has 0 spiro atoms. The highest BCUT2D eigenvalue weighted by molar-refractivity contribution is 4.46. The van der Waals surface area contributed by atoms with Gasteiger partial charge in [0.25, 0.3) is 0 Å². The van der Waals surface area contributed by atoms with Gasteiger partial charge in [-0.15, -0.1) is 0 Å². The monoisotopic (exact) mass is 158 g/mol. The SMILES string of the molecule is CCCCCCCCNCN. The van der Waals surface area contributed by atoms with Crippen molar-refractivity contribution >= 4 is 0 Å². The van der Waals surface area contributed by atoms with Gasteiger partial charge < -0.3 is 11.1 Å². The summed E-state index contributed by atoms with van der Waals surface area (Å²) < 4.78 is 0. The molecule has 0 aromatic heterocycles. The highest BCUT2D eigenvalue weighted by Gasteiger charge is 1.88. The summed E-state index contributed by atoms with van der Waals surface area (Å²) in [5.74, 6) is 0. The van der Waals surface area contributed by atoms with Crippen LogP contribution >= 0.6 is 0 Å². The van der Waals surface area contributed by atoms with Crippen molar-refractivity contribution < 1.29 is 0 Å². The molecule has 0 aliphatic rings. The molecule has 68 valence electrons. The molecule has 0 rings (SSSR count). The van der Waals surface area contributed by atoms with Gasteiger partial charge in [0, 0.05) is 6.67 Å². The van der Waals surface area contributed by atoms with Gasteiger partial charge >= 0.3 is 0 Å². The third-order valence-electron chi connectivity index (χ3n) is 1.85. The second-order valence-electron chi connectivity index (χ2n) is 2.97. The average Bonchev–Trinajstić information content (AvgIpc) is 2.03. The lowest BCUT2D eigenvalue weighted by Gasteiger charge is -2.00. The van der Waals surface area contributed by atoms with Crippen LogP contribution in [0.5, 0.6) is 0 Å². The fraction of sp³-hybridized carbons (Fsp3) is 1.00. The summed E-state index contributed by atoms with van der Waals surface area (Å²) in [6, 6.07) is 0. The van der Waals surface area contributed by atoms with Crippen molar-refractivity contribution in [2.45, 2.75) is 45.4 Å². The van der Waals surface area contributed by atoms with Gasteiger partial charge in [0.1, 0.15) is 0 Å². The van der Waals surface area contributed by atoms with Gasteiger partial charge in [-0.2, -0.15) is 0 Å². The van der Waals surface area contributed by atoms with Crippen molar-refractivity contribution in [3.05, 3.63) is 0 Å². The molecule has 0 aliphatic carbocycles.